The van der Waals surface area contributed by atoms with Crippen molar-refractivity contribution in [2.45, 2.75) is 18.0 Å². The first-order chi connectivity index (χ1) is 19.6. The van der Waals surface area contributed by atoms with Gasteiger partial charge in [0.2, 0.25) is 0 Å². The summed E-state index contributed by atoms with van der Waals surface area (Å²) in [6.45, 7) is 1.67. The molecule has 2 heterocycles. The van der Waals surface area contributed by atoms with Gasteiger partial charge in [-0.25, -0.2) is 23.0 Å². The van der Waals surface area contributed by atoms with Gasteiger partial charge < -0.3 is 10.6 Å². The SMILES string of the molecule is CC1=NC(c2ccc(F)cc2)(c2ccc(F)cc2)C(=O)N1.O=C1NC(=O)C(c2ccccc2)(c2ccc(F)cc2)N1. The largest absolute Gasteiger partial charge is 0.322 e. The van der Waals surface area contributed by atoms with Gasteiger partial charge in [-0.3, -0.25) is 14.9 Å². The van der Waals surface area contributed by atoms with Crippen LogP contribution in [0.1, 0.15) is 29.2 Å². The van der Waals surface area contributed by atoms with Gasteiger partial charge in [-0.1, -0.05) is 66.7 Å². The number of hydrogen-bond donors (Lipinski definition) is 3. The Balaban J connectivity index is 0.000000165. The summed E-state index contributed by atoms with van der Waals surface area (Å²) in [4.78, 5) is 40.7. The monoisotopic (exact) mass is 556 g/mol. The zero-order chi connectivity index (χ0) is 29.2. The lowest BCUT2D eigenvalue weighted by Gasteiger charge is -2.27. The molecule has 1 atom stereocenters. The number of rotatable bonds is 4. The normalized spacial score (nSPS) is 18.9. The fraction of sp³-hybridized carbons (Fsp3) is 0.0968. The molecule has 4 amide bonds. The van der Waals surface area contributed by atoms with Crippen LogP contribution in [-0.4, -0.2) is 23.7 Å². The molecular formula is C31H23F3N4O3. The average molecular weight is 557 g/mol. The fourth-order valence-corrected chi connectivity index (χ4v) is 4.94. The minimum absolute atomic E-state index is 0.335. The van der Waals surface area contributed by atoms with E-state index >= 15 is 0 Å². The maximum absolute atomic E-state index is 13.1. The molecule has 206 valence electrons. The van der Waals surface area contributed by atoms with Crippen LogP contribution in [0, 0.1) is 17.5 Å². The first kappa shape index (κ1) is 27.3. The third kappa shape index (κ3) is 4.95. The van der Waals surface area contributed by atoms with Gasteiger partial charge in [0.15, 0.2) is 11.1 Å². The Morgan fingerprint density at radius 2 is 1.00 bits per heavy atom. The first-order valence-electron chi connectivity index (χ1n) is 12.5. The standard InChI is InChI=1S/C16H12F2N2O.C15H11FN2O2/c1-10-19-15(21)16(20-10,11-2-6-13(17)7-3-11)12-4-8-14(18)9-5-12;16-12-8-6-11(7-9-12)15(10-4-2-1-3-5-10)13(19)17-14(20)18-15/h2-9H,1H3,(H,19,20,21);1-9H,(H2,17,18,19,20). The van der Waals surface area contributed by atoms with Crippen LogP contribution < -0.4 is 16.0 Å². The number of nitrogens with one attached hydrogen (secondary N) is 3. The molecule has 0 aromatic heterocycles. The zero-order valence-electron chi connectivity index (χ0n) is 21.6. The van der Waals surface area contributed by atoms with Crippen molar-refractivity contribution >= 4 is 23.7 Å². The van der Waals surface area contributed by atoms with Gasteiger partial charge in [-0.15, -0.1) is 0 Å². The summed E-state index contributed by atoms with van der Waals surface area (Å²) in [5.41, 5.74) is -0.421. The van der Waals surface area contributed by atoms with E-state index in [4.69, 9.17) is 0 Å². The van der Waals surface area contributed by atoms with E-state index in [0.717, 1.165) is 0 Å². The van der Waals surface area contributed by atoms with Gasteiger partial charge in [-0.05, 0) is 65.6 Å². The minimum atomic E-state index is -1.31. The molecule has 1 saturated heterocycles. The molecule has 0 aliphatic carbocycles. The molecule has 7 nitrogen and oxygen atoms in total. The fourth-order valence-electron chi connectivity index (χ4n) is 4.94. The van der Waals surface area contributed by atoms with E-state index in [2.05, 4.69) is 20.9 Å². The zero-order valence-corrected chi connectivity index (χ0v) is 21.6. The molecule has 2 aliphatic heterocycles. The summed E-state index contributed by atoms with van der Waals surface area (Å²) >= 11 is 0. The summed E-state index contributed by atoms with van der Waals surface area (Å²) in [5.74, 6) is -1.53. The Morgan fingerprint density at radius 1 is 0.561 bits per heavy atom. The molecule has 0 saturated carbocycles. The summed E-state index contributed by atoms with van der Waals surface area (Å²) in [5, 5.41) is 7.54. The van der Waals surface area contributed by atoms with E-state index in [1.54, 1.807) is 31.2 Å². The van der Waals surface area contributed by atoms with E-state index in [1.807, 2.05) is 6.07 Å². The van der Waals surface area contributed by atoms with Gasteiger partial charge in [-0.2, -0.15) is 0 Å². The van der Waals surface area contributed by atoms with Crippen molar-refractivity contribution in [3.8, 4) is 0 Å². The van der Waals surface area contributed by atoms with E-state index in [9.17, 15) is 27.6 Å². The number of hydrogen-bond acceptors (Lipinski definition) is 4. The summed E-state index contributed by atoms with van der Waals surface area (Å²) < 4.78 is 39.4. The number of imide groups is 1. The van der Waals surface area contributed by atoms with E-state index < -0.39 is 40.5 Å². The molecule has 4 aromatic rings. The van der Waals surface area contributed by atoms with Crippen molar-refractivity contribution in [2.75, 3.05) is 0 Å². The number of aliphatic imine (C=N–C) groups is 1. The van der Waals surface area contributed by atoms with Crippen LogP contribution in [0.25, 0.3) is 0 Å². The maximum atomic E-state index is 13.1. The number of nitrogens with zero attached hydrogens (tertiary/aromatic N) is 1. The maximum Gasteiger partial charge on any atom is 0.322 e. The lowest BCUT2D eigenvalue weighted by molar-refractivity contribution is -0.123. The molecule has 0 radical (unpaired) electrons. The van der Waals surface area contributed by atoms with Gasteiger partial charge in [0.1, 0.15) is 23.3 Å². The Labute approximate surface area is 233 Å². The Kier molecular flexibility index (Phi) is 7.15. The smallest absolute Gasteiger partial charge is 0.316 e. The highest BCUT2D eigenvalue weighted by Gasteiger charge is 2.49. The molecule has 3 N–H and O–H groups in total. The van der Waals surface area contributed by atoms with Crippen molar-refractivity contribution in [3.05, 3.63) is 143 Å². The van der Waals surface area contributed by atoms with E-state index in [1.165, 1.54) is 72.8 Å². The van der Waals surface area contributed by atoms with Gasteiger partial charge in [0, 0.05) is 0 Å². The van der Waals surface area contributed by atoms with Crippen LogP contribution in [-0.2, 0) is 20.7 Å². The number of amides is 4. The Hall–Kier alpha value is -5.25. The second kappa shape index (κ2) is 10.7. The van der Waals surface area contributed by atoms with Crippen LogP contribution in [0.5, 0.6) is 0 Å². The van der Waals surface area contributed by atoms with Crippen LogP contribution >= 0.6 is 0 Å². The highest BCUT2D eigenvalue weighted by Crippen LogP contribution is 2.37. The number of carbonyl (C=O) groups is 3. The number of halogens is 3. The topological polar surface area (TPSA) is 99.7 Å². The molecule has 1 unspecified atom stereocenters. The second-order valence-corrected chi connectivity index (χ2v) is 9.41. The third-order valence-electron chi connectivity index (χ3n) is 6.84. The highest BCUT2D eigenvalue weighted by molar-refractivity contribution is 6.10. The summed E-state index contributed by atoms with van der Waals surface area (Å²) in [6, 6.07) is 25.0. The van der Waals surface area contributed by atoms with Crippen molar-refractivity contribution < 1.29 is 27.6 Å². The number of urea groups is 1. The lowest BCUT2D eigenvalue weighted by atomic mass is 9.83. The molecule has 1 fully saturated rings. The molecule has 0 spiro atoms. The third-order valence-corrected chi connectivity index (χ3v) is 6.84. The highest BCUT2D eigenvalue weighted by atomic mass is 19.1. The molecule has 10 heteroatoms. The van der Waals surface area contributed by atoms with Crippen molar-refractivity contribution in [1.29, 1.82) is 0 Å². The van der Waals surface area contributed by atoms with Crippen LogP contribution in [0.3, 0.4) is 0 Å². The number of carbonyl (C=O) groups excluding carboxylic acids is 3. The lowest BCUT2D eigenvalue weighted by Crippen LogP contribution is -2.44. The van der Waals surface area contributed by atoms with Crippen LogP contribution in [0.4, 0.5) is 18.0 Å². The van der Waals surface area contributed by atoms with Crippen LogP contribution in [0.2, 0.25) is 0 Å². The van der Waals surface area contributed by atoms with Crippen molar-refractivity contribution in [2.24, 2.45) is 4.99 Å². The summed E-state index contributed by atoms with van der Waals surface area (Å²) in [7, 11) is 0. The number of amidine groups is 1. The first-order valence-corrected chi connectivity index (χ1v) is 12.5. The molecule has 2 aliphatic rings. The quantitative estimate of drug-likeness (QED) is 0.319. The van der Waals surface area contributed by atoms with E-state index in [0.29, 0.717) is 28.1 Å². The van der Waals surface area contributed by atoms with Crippen LogP contribution in [0.15, 0.2) is 108 Å². The van der Waals surface area contributed by atoms with Crippen molar-refractivity contribution in [3.63, 3.8) is 0 Å². The second-order valence-electron chi connectivity index (χ2n) is 9.41. The van der Waals surface area contributed by atoms with Crippen molar-refractivity contribution in [1.82, 2.24) is 16.0 Å². The molecular weight excluding hydrogens is 533 g/mol. The minimum Gasteiger partial charge on any atom is -0.316 e. The molecule has 4 aromatic carbocycles. The van der Waals surface area contributed by atoms with Gasteiger partial charge in [0.05, 0.1) is 0 Å². The van der Waals surface area contributed by atoms with Gasteiger partial charge >= 0.3 is 6.03 Å². The molecule has 0 bridgehead atoms. The number of benzene rings is 4. The Bertz CT molecular complexity index is 1600. The van der Waals surface area contributed by atoms with E-state index in [-0.39, 0.29) is 5.91 Å². The predicted molar refractivity (Wildman–Crippen MR) is 145 cm³/mol. The molecule has 6 rings (SSSR count). The summed E-state index contributed by atoms with van der Waals surface area (Å²) in [6.07, 6.45) is 0. The van der Waals surface area contributed by atoms with Gasteiger partial charge in [0.25, 0.3) is 11.8 Å². The Morgan fingerprint density at radius 3 is 1.39 bits per heavy atom. The molecule has 41 heavy (non-hydrogen) atoms. The predicted octanol–water partition coefficient (Wildman–Crippen LogP) is 4.67. The average Bonchev–Trinajstić information content (AvgIpc) is 3.45.